The maximum absolute atomic E-state index is 12.2. The molecule has 5 nitrogen and oxygen atoms in total. The Morgan fingerprint density at radius 2 is 1.79 bits per heavy atom. The van der Waals surface area contributed by atoms with Crippen LogP contribution in [0.25, 0.3) is 21.7 Å². The Kier molecular flexibility index (Phi) is 4.25. The Balaban J connectivity index is 2.01. The van der Waals surface area contributed by atoms with Gasteiger partial charge in [-0.15, -0.1) is 0 Å². The second kappa shape index (κ2) is 6.35. The van der Waals surface area contributed by atoms with Crippen LogP contribution in [0.1, 0.15) is 19.4 Å². The zero-order valence-electron chi connectivity index (χ0n) is 13.8. The Labute approximate surface area is 138 Å². The number of fused-ring (bicyclic) bond motifs is 3. The maximum Gasteiger partial charge on any atom is 0.344 e. The van der Waals surface area contributed by atoms with Gasteiger partial charge < -0.3 is 13.9 Å². The van der Waals surface area contributed by atoms with Gasteiger partial charge in [0, 0.05) is 10.9 Å². The second-order valence-corrected chi connectivity index (χ2v) is 5.83. The van der Waals surface area contributed by atoms with Crippen molar-refractivity contribution in [3.05, 3.63) is 52.4 Å². The van der Waals surface area contributed by atoms with Gasteiger partial charge in [-0.1, -0.05) is 18.2 Å². The average molecular weight is 326 g/mol. The largest absolute Gasteiger partial charge is 0.481 e. The Morgan fingerprint density at radius 1 is 1.08 bits per heavy atom. The molecule has 0 fully saturated rings. The molecular weight excluding hydrogens is 308 g/mol. The van der Waals surface area contributed by atoms with E-state index < -0.39 is 11.6 Å². The van der Waals surface area contributed by atoms with E-state index in [0.29, 0.717) is 22.3 Å². The highest BCUT2D eigenvalue weighted by Crippen LogP contribution is 2.30. The molecule has 124 valence electrons. The molecular formula is C19H18O5. The number of carbonyl (C=O) groups excluding carboxylic acids is 1. The van der Waals surface area contributed by atoms with Crippen LogP contribution in [-0.2, 0) is 9.53 Å². The van der Waals surface area contributed by atoms with Gasteiger partial charge in [-0.3, -0.25) is 0 Å². The summed E-state index contributed by atoms with van der Waals surface area (Å²) in [6, 6.07) is 10.9. The fourth-order valence-electron chi connectivity index (χ4n) is 2.65. The van der Waals surface area contributed by atoms with Gasteiger partial charge in [0.2, 0.25) is 0 Å². The van der Waals surface area contributed by atoms with Gasteiger partial charge in [-0.05, 0) is 44.4 Å². The van der Waals surface area contributed by atoms with Crippen molar-refractivity contribution in [1.29, 1.82) is 0 Å². The van der Waals surface area contributed by atoms with E-state index in [-0.39, 0.29) is 12.7 Å². The third-order valence-corrected chi connectivity index (χ3v) is 3.70. The van der Waals surface area contributed by atoms with Crippen molar-refractivity contribution in [1.82, 2.24) is 0 Å². The Bertz CT molecular complexity index is 969. The van der Waals surface area contributed by atoms with Crippen LogP contribution < -0.4 is 10.4 Å². The molecule has 0 saturated heterocycles. The maximum atomic E-state index is 12.2. The van der Waals surface area contributed by atoms with E-state index in [4.69, 9.17) is 13.9 Å². The van der Waals surface area contributed by atoms with E-state index in [1.807, 2.05) is 18.2 Å². The molecule has 0 unspecified atom stereocenters. The monoisotopic (exact) mass is 326 g/mol. The Hall–Kier alpha value is -2.82. The lowest BCUT2D eigenvalue weighted by Crippen LogP contribution is -2.19. The van der Waals surface area contributed by atoms with Gasteiger partial charge >= 0.3 is 11.6 Å². The summed E-state index contributed by atoms with van der Waals surface area (Å²) in [5.74, 6) is 0.0473. The number of rotatable bonds is 4. The van der Waals surface area contributed by atoms with Gasteiger partial charge in [-0.2, -0.15) is 0 Å². The number of ether oxygens (including phenoxy) is 2. The molecule has 0 N–H and O–H groups in total. The first-order valence-electron chi connectivity index (χ1n) is 7.75. The molecule has 0 amide bonds. The third-order valence-electron chi connectivity index (χ3n) is 3.70. The van der Waals surface area contributed by atoms with Crippen molar-refractivity contribution in [3.8, 4) is 5.75 Å². The molecule has 0 spiro atoms. The lowest BCUT2D eigenvalue weighted by atomic mass is 10.0. The molecule has 0 bridgehead atoms. The standard InChI is InChI=1S/C19H18O5/c1-11(2)23-17(20)10-22-16-9-8-14-13-6-4-5-7-15(13)19(21)24-18(14)12(16)3/h4-9,11H,10H2,1-3H3. The highest BCUT2D eigenvalue weighted by atomic mass is 16.6. The lowest BCUT2D eigenvalue weighted by Gasteiger charge is -2.12. The molecule has 0 radical (unpaired) electrons. The number of aryl methyl sites for hydroxylation is 1. The molecule has 3 rings (SSSR count). The number of hydrogen-bond acceptors (Lipinski definition) is 5. The molecule has 1 aromatic heterocycles. The summed E-state index contributed by atoms with van der Waals surface area (Å²) in [6.45, 7) is 5.16. The smallest absolute Gasteiger partial charge is 0.344 e. The number of carbonyl (C=O) groups is 1. The average Bonchev–Trinajstić information content (AvgIpc) is 2.54. The van der Waals surface area contributed by atoms with Crippen LogP contribution >= 0.6 is 0 Å². The second-order valence-electron chi connectivity index (χ2n) is 5.83. The van der Waals surface area contributed by atoms with Gasteiger partial charge in [0.1, 0.15) is 11.3 Å². The van der Waals surface area contributed by atoms with Crippen LogP contribution in [0.3, 0.4) is 0 Å². The van der Waals surface area contributed by atoms with Gasteiger partial charge in [-0.25, -0.2) is 9.59 Å². The SMILES string of the molecule is Cc1c(OCC(=O)OC(C)C)ccc2c1oc(=O)c1ccccc12. The fourth-order valence-corrected chi connectivity index (χ4v) is 2.65. The fraction of sp³-hybridized carbons (Fsp3) is 0.263. The molecule has 0 aliphatic carbocycles. The normalized spacial score (nSPS) is 11.2. The van der Waals surface area contributed by atoms with E-state index in [1.165, 1.54) is 0 Å². The number of hydrogen-bond donors (Lipinski definition) is 0. The molecule has 24 heavy (non-hydrogen) atoms. The highest BCUT2D eigenvalue weighted by molar-refractivity contribution is 6.05. The predicted molar refractivity (Wildman–Crippen MR) is 91.5 cm³/mol. The van der Waals surface area contributed by atoms with Crippen molar-refractivity contribution in [2.24, 2.45) is 0 Å². The summed E-state index contributed by atoms with van der Waals surface area (Å²) < 4.78 is 16.0. The molecule has 0 aliphatic rings. The zero-order valence-corrected chi connectivity index (χ0v) is 13.8. The molecule has 5 heteroatoms. The summed E-state index contributed by atoms with van der Waals surface area (Å²) >= 11 is 0. The van der Waals surface area contributed by atoms with E-state index in [9.17, 15) is 9.59 Å². The molecule has 0 atom stereocenters. The van der Waals surface area contributed by atoms with Crippen LogP contribution in [0.15, 0.2) is 45.6 Å². The van der Waals surface area contributed by atoms with Crippen molar-refractivity contribution in [3.63, 3.8) is 0 Å². The molecule has 0 aliphatic heterocycles. The third kappa shape index (κ3) is 2.97. The minimum absolute atomic E-state index is 0.191. The summed E-state index contributed by atoms with van der Waals surface area (Å²) in [5, 5.41) is 2.20. The van der Waals surface area contributed by atoms with E-state index in [0.717, 1.165) is 10.8 Å². The predicted octanol–water partition coefficient (Wildman–Crippen LogP) is 3.59. The molecule has 2 aromatic carbocycles. The van der Waals surface area contributed by atoms with Crippen molar-refractivity contribution in [2.45, 2.75) is 26.9 Å². The first-order chi connectivity index (χ1) is 11.5. The van der Waals surface area contributed by atoms with Crippen molar-refractivity contribution >= 4 is 27.7 Å². The van der Waals surface area contributed by atoms with Crippen LogP contribution in [0.4, 0.5) is 0 Å². The summed E-state index contributed by atoms with van der Waals surface area (Å²) in [5.41, 5.74) is 0.749. The molecule has 1 heterocycles. The van der Waals surface area contributed by atoms with Crippen molar-refractivity contribution in [2.75, 3.05) is 6.61 Å². The first-order valence-corrected chi connectivity index (χ1v) is 7.75. The number of benzene rings is 2. The zero-order chi connectivity index (χ0) is 17.3. The lowest BCUT2D eigenvalue weighted by molar-refractivity contribution is -0.149. The first kappa shape index (κ1) is 16.1. The van der Waals surface area contributed by atoms with Gasteiger partial charge in [0.25, 0.3) is 0 Å². The molecule has 3 aromatic rings. The quantitative estimate of drug-likeness (QED) is 0.416. The topological polar surface area (TPSA) is 65.7 Å². The number of esters is 1. The van der Waals surface area contributed by atoms with Crippen LogP contribution in [0.2, 0.25) is 0 Å². The summed E-state index contributed by atoms with van der Waals surface area (Å²) in [6.07, 6.45) is -0.191. The minimum atomic E-state index is -0.440. The Morgan fingerprint density at radius 3 is 2.50 bits per heavy atom. The van der Waals surface area contributed by atoms with Crippen LogP contribution in [0.5, 0.6) is 5.75 Å². The van der Waals surface area contributed by atoms with Crippen molar-refractivity contribution < 1.29 is 18.7 Å². The van der Waals surface area contributed by atoms with Crippen LogP contribution in [0, 0.1) is 6.92 Å². The van der Waals surface area contributed by atoms with E-state index in [1.54, 1.807) is 39.0 Å². The molecule has 0 saturated carbocycles. The van der Waals surface area contributed by atoms with Crippen LogP contribution in [-0.4, -0.2) is 18.7 Å². The van der Waals surface area contributed by atoms with Gasteiger partial charge in [0.05, 0.1) is 11.5 Å². The highest BCUT2D eigenvalue weighted by Gasteiger charge is 2.14. The summed E-state index contributed by atoms with van der Waals surface area (Å²) in [4.78, 5) is 23.8. The van der Waals surface area contributed by atoms with Gasteiger partial charge in [0.15, 0.2) is 6.61 Å². The van der Waals surface area contributed by atoms with E-state index in [2.05, 4.69) is 0 Å². The van der Waals surface area contributed by atoms with E-state index >= 15 is 0 Å². The minimum Gasteiger partial charge on any atom is -0.481 e. The summed E-state index contributed by atoms with van der Waals surface area (Å²) in [7, 11) is 0.